The summed E-state index contributed by atoms with van der Waals surface area (Å²) in [7, 11) is 0. The molecule has 0 radical (unpaired) electrons. The molecule has 1 heterocycles. The first-order valence-corrected chi connectivity index (χ1v) is 8.63. The number of hydrogen-bond acceptors (Lipinski definition) is 7. The number of oxazole rings is 1. The Morgan fingerprint density at radius 3 is 2.66 bits per heavy atom. The summed E-state index contributed by atoms with van der Waals surface area (Å²) in [6, 6.07) is 13.9. The van der Waals surface area contributed by atoms with Crippen LogP contribution in [-0.2, 0) is 0 Å². The predicted molar refractivity (Wildman–Crippen MR) is 108 cm³/mol. The Hall–Kier alpha value is -4.20. The summed E-state index contributed by atoms with van der Waals surface area (Å²) >= 11 is 0. The summed E-state index contributed by atoms with van der Waals surface area (Å²) in [6.07, 6.45) is 1.31. The number of nitro benzene ring substituents is 1. The van der Waals surface area contributed by atoms with Crippen LogP contribution in [0.5, 0.6) is 11.5 Å². The fraction of sp³-hybridized carbons (Fsp3) is 0.0476. The quantitative estimate of drug-likeness (QED) is 0.292. The van der Waals surface area contributed by atoms with Crippen molar-refractivity contribution in [3.63, 3.8) is 0 Å². The Balaban J connectivity index is 1.71. The van der Waals surface area contributed by atoms with E-state index >= 15 is 0 Å². The lowest BCUT2D eigenvalue weighted by molar-refractivity contribution is -0.384. The lowest BCUT2D eigenvalue weighted by atomic mass is 10.1. The average Bonchev–Trinajstić information content (AvgIpc) is 3.11. The third-order valence-electron chi connectivity index (χ3n) is 4.33. The summed E-state index contributed by atoms with van der Waals surface area (Å²) in [5.41, 5.74) is 3.15. The summed E-state index contributed by atoms with van der Waals surface area (Å²) in [5, 5.41) is 31.0. The van der Waals surface area contributed by atoms with E-state index in [1.807, 2.05) is 25.1 Å². The molecular formula is C21H15N3O5. The molecule has 0 spiro atoms. The Morgan fingerprint density at radius 2 is 1.86 bits per heavy atom. The second-order valence-corrected chi connectivity index (χ2v) is 6.45. The maximum atomic E-state index is 10.9. The molecule has 0 fully saturated rings. The molecule has 0 amide bonds. The molecule has 8 nitrogen and oxygen atoms in total. The van der Waals surface area contributed by atoms with E-state index in [9.17, 15) is 20.3 Å². The SMILES string of the molecule is Cc1ccc2nc(-c3cc(N=Cc4cc([N+](=O)[O-])ccc4O)ccc3O)oc2c1. The van der Waals surface area contributed by atoms with Crippen molar-refractivity contribution in [2.24, 2.45) is 4.99 Å². The first kappa shape index (κ1) is 18.2. The molecule has 2 N–H and O–H groups in total. The van der Waals surface area contributed by atoms with Crippen molar-refractivity contribution >= 4 is 28.7 Å². The topological polar surface area (TPSA) is 122 Å². The van der Waals surface area contributed by atoms with Crippen LogP contribution in [0, 0.1) is 17.0 Å². The number of hydrogen-bond donors (Lipinski definition) is 2. The third kappa shape index (κ3) is 3.63. The van der Waals surface area contributed by atoms with Crippen LogP contribution >= 0.6 is 0 Å². The van der Waals surface area contributed by atoms with Gasteiger partial charge in [0.1, 0.15) is 17.0 Å². The largest absolute Gasteiger partial charge is 0.507 e. The first-order chi connectivity index (χ1) is 13.9. The van der Waals surface area contributed by atoms with Gasteiger partial charge in [-0.15, -0.1) is 0 Å². The van der Waals surface area contributed by atoms with Crippen molar-refractivity contribution in [1.29, 1.82) is 0 Å². The van der Waals surface area contributed by atoms with Crippen LogP contribution in [-0.4, -0.2) is 26.3 Å². The monoisotopic (exact) mass is 389 g/mol. The van der Waals surface area contributed by atoms with E-state index in [-0.39, 0.29) is 28.6 Å². The van der Waals surface area contributed by atoms with E-state index in [0.29, 0.717) is 22.4 Å². The zero-order valence-electron chi connectivity index (χ0n) is 15.2. The summed E-state index contributed by atoms with van der Waals surface area (Å²) in [4.78, 5) is 19.0. The number of aliphatic imine (C=N–C) groups is 1. The Morgan fingerprint density at radius 1 is 1.07 bits per heavy atom. The molecular weight excluding hydrogens is 374 g/mol. The predicted octanol–water partition coefficient (Wildman–Crippen LogP) is 4.87. The summed E-state index contributed by atoms with van der Waals surface area (Å²) < 4.78 is 5.76. The number of rotatable bonds is 4. The molecule has 144 valence electrons. The first-order valence-electron chi connectivity index (χ1n) is 8.63. The van der Waals surface area contributed by atoms with E-state index in [2.05, 4.69) is 9.98 Å². The van der Waals surface area contributed by atoms with Gasteiger partial charge in [-0.05, 0) is 48.9 Å². The average molecular weight is 389 g/mol. The lowest BCUT2D eigenvalue weighted by Gasteiger charge is -2.02. The normalized spacial score (nSPS) is 11.3. The molecule has 0 saturated heterocycles. The number of nitrogens with zero attached hydrogens (tertiary/aromatic N) is 3. The lowest BCUT2D eigenvalue weighted by Crippen LogP contribution is -1.90. The Bertz CT molecular complexity index is 1280. The second kappa shape index (κ2) is 7.08. The van der Waals surface area contributed by atoms with Crippen molar-refractivity contribution in [1.82, 2.24) is 4.98 Å². The van der Waals surface area contributed by atoms with Gasteiger partial charge in [0.25, 0.3) is 5.69 Å². The Kier molecular flexibility index (Phi) is 4.44. The minimum atomic E-state index is -0.551. The number of non-ortho nitro benzene ring substituents is 1. The molecule has 4 rings (SSSR count). The molecule has 0 unspecified atom stereocenters. The standard InChI is InChI=1S/C21H15N3O5/c1-12-2-5-17-20(8-12)29-21(23-17)16-10-14(3-6-19(16)26)22-11-13-9-15(24(27)28)4-7-18(13)25/h2-11,25-26H,1H3. The Labute approximate surface area is 164 Å². The molecule has 29 heavy (non-hydrogen) atoms. The van der Waals surface area contributed by atoms with Gasteiger partial charge in [-0.25, -0.2) is 4.98 Å². The van der Waals surface area contributed by atoms with Gasteiger partial charge in [-0.2, -0.15) is 0 Å². The number of aromatic nitrogens is 1. The molecule has 3 aromatic carbocycles. The highest BCUT2D eigenvalue weighted by molar-refractivity contribution is 5.87. The molecule has 0 atom stereocenters. The molecule has 0 aliphatic heterocycles. The fourth-order valence-corrected chi connectivity index (χ4v) is 2.83. The molecule has 4 aromatic rings. The minimum Gasteiger partial charge on any atom is -0.507 e. The highest BCUT2D eigenvalue weighted by atomic mass is 16.6. The highest BCUT2D eigenvalue weighted by Crippen LogP contribution is 2.34. The molecule has 0 aliphatic carbocycles. The number of phenols is 2. The maximum Gasteiger partial charge on any atom is 0.270 e. The van der Waals surface area contributed by atoms with Gasteiger partial charge in [-0.3, -0.25) is 15.1 Å². The van der Waals surface area contributed by atoms with E-state index in [1.165, 1.54) is 30.5 Å². The highest BCUT2D eigenvalue weighted by Gasteiger charge is 2.14. The van der Waals surface area contributed by atoms with Gasteiger partial charge < -0.3 is 14.6 Å². The number of phenolic OH excluding ortho intramolecular Hbond substituents is 2. The van der Waals surface area contributed by atoms with Gasteiger partial charge in [0.15, 0.2) is 5.58 Å². The number of nitro groups is 1. The van der Waals surface area contributed by atoms with Crippen LogP contribution in [0.2, 0.25) is 0 Å². The maximum absolute atomic E-state index is 10.9. The van der Waals surface area contributed by atoms with E-state index in [0.717, 1.165) is 5.56 Å². The van der Waals surface area contributed by atoms with Crippen molar-refractivity contribution in [2.45, 2.75) is 6.92 Å². The van der Waals surface area contributed by atoms with Crippen LogP contribution < -0.4 is 0 Å². The van der Waals surface area contributed by atoms with E-state index in [1.54, 1.807) is 12.1 Å². The second-order valence-electron chi connectivity index (χ2n) is 6.45. The number of aromatic hydroxyl groups is 2. The van der Waals surface area contributed by atoms with Crippen molar-refractivity contribution in [2.75, 3.05) is 0 Å². The van der Waals surface area contributed by atoms with Gasteiger partial charge in [-0.1, -0.05) is 6.07 Å². The molecule has 8 heteroatoms. The molecule has 1 aromatic heterocycles. The smallest absolute Gasteiger partial charge is 0.270 e. The van der Waals surface area contributed by atoms with E-state index in [4.69, 9.17) is 4.42 Å². The number of aryl methyl sites for hydroxylation is 1. The van der Waals surface area contributed by atoms with Gasteiger partial charge >= 0.3 is 0 Å². The van der Waals surface area contributed by atoms with Crippen LogP contribution in [0.4, 0.5) is 11.4 Å². The zero-order valence-corrected chi connectivity index (χ0v) is 15.2. The molecule has 0 aliphatic rings. The molecule has 0 saturated carbocycles. The molecule has 0 bridgehead atoms. The fourth-order valence-electron chi connectivity index (χ4n) is 2.83. The van der Waals surface area contributed by atoms with Crippen LogP contribution in [0.3, 0.4) is 0 Å². The number of benzene rings is 3. The van der Waals surface area contributed by atoms with Crippen molar-refractivity contribution in [3.8, 4) is 23.0 Å². The zero-order chi connectivity index (χ0) is 20.5. The minimum absolute atomic E-state index is 0.0228. The van der Waals surface area contributed by atoms with Gasteiger partial charge in [0, 0.05) is 23.9 Å². The van der Waals surface area contributed by atoms with Crippen LogP contribution in [0.15, 0.2) is 64.0 Å². The number of fused-ring (bicyclic) bond motifs is 1. The van der Waals surface area contributed by atoms with Crippen LogP contribution in [0.1, 0.15) is 11.1 Å². The summed E-state index contributed by atoms with van der Waals surface area (Å²) in [5.74, 6) is 0.0939. The van der Waals surface area contributed by atoms with Gasteiger partial charge in [0.05, 0.1) is 16.2 Å². The third-order valence-corrected chi connectivity index (χ3v) is 4.33. The van der Waals surface area contributed by atoms with Crippen molar-refractivity contribution < 1.29 is 19.6 Å². The van der Waals surface area contributed by atoms with Crippen molar-refractivity contribution in [3.05, 3.63) is 75.8 Å². The van der Waals surface area contributed by atoms with Crippen LogP contribution in [0.25, 0.3) is 22.6 Å². The van der Waals surface area contributed by atoms with Gasteiger partial charge in [0.2, 0.25) is 5.89 Å². The summed E-state index contributed by atoms with van der Waals surface area (Å²) in [6.45, 7) is 1.94. The van der Waals surface area contributed by atoms with E-state index < -0.39 is 4.92 Å².